The predicted octanol–water partition coefficient (Wildman–Crippen LogP) is 2.92. The fourth-order valence-electron chi connectivity index (χ4n) is 2.33. The molecule has 1 aromatic carbocycles. The van der Waals surface area contributed by atoms with E-state index in [2.05, 4.69) is 5.32 Å². The molecule has 0 aromatic heterocycles. The van der Waals surface area contributed by atoms with Gasteiger partial charge in [0.1, 0.15) is 11.6 Å². The fourth-order valence-corrected chi connectivity index (χ4v) is 2.33. The van der Waals surface area contributed by atoms with Crippen LogP contribution in [-0.2, 0) is 0 Å². The van der Waals surface area contributed by atoms with Gasteiger partial charge in [-0.2, -0.15) is 0 Å². The molecule has 1 aromatic rings. The molecule has 4 heteroatoms. The molecule has 18 heavy (non-hydrogen) atoms. The first-order chi connectivity index (χ1) is 8.54. The average molecular weight is 255 g/mol. The van der Waals surface area contributed by atoms with Gasteiger partial charge < -0.3 is 10.4 Å². The molecule has 0 saturated heterocycles. The number of hydrogen-bond acceptors (Lipinski definition) is 2. The number of rotatable bonds is 5. The lowest BCUT2D eigenvalue weighted by molar-refractivity contribution is -0.0334. The van der Waals surface area contributed by atoms with E-state index in [4.69, 9.17) is 0 Å². The molecule has 2 nitrogen and oxygen atoms in total. The molecule has 1 aliphatic rings. The van der Waals surface area contributed by atoms with Crippen LogP contribution in [-0.4, -0.2) is 17.3 Å². The smallest absolute Gasteiger partial charge is 0.128 e. The van der Waals surface area contributed by atoms with Crippen molar-refractivity contribution < 1.29 is 13.9 Å². The summed E-state index contributed by atoms with van der Waals surface area (Å²) in [5, 5.41) is 13.1. The van der Waals surface area contributed by atoms with Gasteiger partial charge in [0.15, 0.2) is 0 Å². The molecular weight excluding hydrogens is 236 g/mol. The van der Waals surface area contributed by atoms with Gasteiger partial charge in [0.05, 0.1) is 5.60 Å². The zero-order chi connectivity index (χ0) is 13.2. The first kappa shape index (κ1) is 13.4. The minimum Gasteiger partial charge on any atom is -0.389 e. The van der Waals surface area contributed by atoms with Crippen molar-refractivity contribution in [1.82, 2.24) is 5.32 Å². The molecule has 1 fully saturated rings. The van der Waals surface area contributed by atoms with E-state index in [1.54, 1.807) is 0 Å². The van der Waals surface area contributed by atoms with Crippen molar-refractivity contribution in [2.24, 2.45) is 0 Å². The molecule has 2 rings (SSSR count). The SMILES string of the molecule is CCC(NCC1(O)CCC1)c1cc(F)ccc1F. The second-order valence-corrected chi connectivity index (χ2v) is 5.09. The van der Waals surface area contributed by atoms with Gasteiger partial charge >= 0.3 is 0 Å². The summed E-state index contributed by atoms with van der Waals surface area (Å²) in [5.74, 6) is -0.842. The summed E-state index contributed by atoms with van der Waals surface area (Å²) in [6.45, 7) is 2.34. The monoisotopic (exact) mass is 255 g/mol. The highest BCUT2D eigenvalue weighted by atomic mass is 19.1. The maximum Gasteiger partial charge on any atom is 0.128 e. The summed E-state index contributed by atoms with van der Waals surface area (Å²) in [7, 11) is 0. The Labute approximate surface area is 106 Å². The quantitative estimate of drug-likeness (QED) is 0.848. The van der Waals surface area contributed by atoms with Crippen LogP contribution in [0.2, 0.25) is 0 Å². The van der Waals surface area contributed by atoms with Crippen LogP contribution in [0.4, 0.5) is 8.78 Å². The molecule has 2 N–H and O–H groups in total. The summed E-state index contributed by atoms with van der Waals surface area (Å²) >= 11 is 0. The molecule has 1 atom stereocenters. The van der Waals surface area contributed by atoms with E-state index in [1.807, 2.05) is 6.92 Å². The normalized spacial score (nSPS) is 19.3. The number of aliphatic hydroxyl groups is 1. The van der Waals surface area contributed by atoms with Crippen LogP contribution >= 0.6 is 0 Å². The Hall–Kier alpha value is -1.00. The minimum absolute atomic E-state index is 0.259. The Morgan fingerprint density at radius 3 is 2.67 bits per heavy atom. The molecule has 1 aliphatic carbocycles. The van der Waals surface area contributed by atoms with E-state index in [0.717, 1.165) is 31.4 Å². The highest BCUT2D eigenvalue weighted by Crippen LogP contribution is 2.32. The Bertz CT molecular complexity index is 418. The van der Waals surface area contributed by atoms with Crippen molar-refractivity contribution in [3.05, 3.63) is 35.4 Å². The third kappa shape index (κ3) is 2.87. The van der Waals surface area contributed by atoms with Gasteiger partial charge in [0.25, 0.3) is 0 Å². The Kier molecular flexibility index (Phi) is 3.97. The van der Waals surface area contributed by atoms with Crippen LogP contribution < -0.4 is 5.32 Å². The molecule has 0 spiro atoms. The number of hydrogen-bond donors (Lipinski definition) is 2. The van der Waals surface area contributed by atoms with Gasteiger partial charge in [0.2, 0.25) is 0 Å². The third-order valence-electron chi connectivity index (χ3n) is 3.70. The summed E-state index contributed by atoms with van der Waals surface area (Å²) in [6, 6.07) is 3.23. The number of benzene rings is 1. The third-order valence-corrected chi connectivity index (χ3v) is 3.70. The molecule has 0 heterocycles. The molecule has 0 amide bonds. The van der Waals surface area contributed by atoms with E-state index in [0.29, 0.717) is 18.5 Å². The highest BCUT2D eigenvalue weighted by Gasteiger charge is 2.34. The molecule has 1 saturated carbocycles. The maximum atomic E-state index is 13.7. The molecule has 0 radical (unpaired) electrons. The van der Waals surface area contributed by atoms with Gasteiger partial charge in [-0.1, -0.05) is 6.92 Å². The van der Waals surface area contributed by atoms with Crippen molar-refractivity contribution >= 4 is 0 Å². The predicted molar refractivity (Wildman–Crippen MR) is 66.2 cm³/mol. The lowest BCUT2D eigenvalue weighted by atomic mass is 9.80. The van der Waals surface area contributed by atoms with Crippen molar-refractivity contribution in [2.45, 2.75) is 44.2 Å². The van der Waals surface area contributed by atoms with Crippen LogP contribution in [0, 0.1) is 11.6 Å². The van der Waals surface area contributed by atoms with Crippen molar-refractivity contribution in [2.75, 3.05) is 6.54 Å². The number of halogens is 2. The van der Waals surface area contributed by atoms with E-state index >= 15 is 0 Å². The van der Waals surface area contributed by atoms with Crippen molar-refractivity contribution in [3.8, 4) is 0 Å². The summed E-state index contributed by atoms with van der Waals surface area (Å²) in [6.07, 6.45) is 3.24. The summed E-state index contributed by atoms with van der Waals surface area (Å²) in [4.78, 5) is 0. The number of nitrogens with one attached hydrogen (secondary N) is 1. The summed E-state index contributed by atoms with van der Waals surface area (Å²) in [5.41, 5.74) is -0.322. The topological polar surface area (TPSA) is 32.3 Å². The molecular formula is C14H19F2NO. The first-order valence-corrected chi connectivity index (χ1v) is 6.45. The molecule has 1 unspecified atom stereocenters. The Morgan fingerprint density at radius 2 is 2.11 bits per heavy atom. The van der Waals surface area contributed by atoms with Gasteiger partial charge in [-0.05, 0) is 43.9 Å². The Balaban J connectivity index is 2.05. The van der Waals surface area contributed by atoms with Crippen molar-refractivity contribution in [3.63, 3.8) is 0 Å². The fraction of sp³-hybridized carbons (Fsp3) is 0.571. The first-order valence-electron chi connectivity index (χ1n) is 6.45. The van der Waals surface area contributed by atoms with Gasteiger partial charge in [-0.3, -0.25) is 0 Å². The largest absolute Gasteiger partial charge is 0.389 e. The zero-order valence-corrected chi connectivity index (χ0v) is 10.5. The lowest BCUT2D eigenvalue weighted by Gasteiger charge is -2.38. The van der Waals surface area contributed by atoms with Gasteiger partial charge in [-0.15, -0.1) is 0 Å². The van der Waals surface area contributed by atoms with E-state index in [1.165, 1.54) is 6.07 Å². The van der Waals surface area contributed by atoms with Crippen LogP contribution in [0.15, 0.2) is 18.2 Å². The standard InChI is InChI=1S/C14H19F2NO/c1-2-13(17-9-14(18)6-3-7-14)11-8-10(15)4-5-12(11)16/h4-5,8,13,17-18H,2-3,6-7,9H2,1H3. The zero-order valence-electron chi connectivity index (χ0n) is 10.5. The van der Waals surface area contributed by atoms with E-state index < -0.39 is 17.2 Å². The van der Waals surface area contributed by atoms with Crippen LogP contribution in [0.1, 0.15) is 44.2 Å². The molecule has 100 valence electrons. The highest BCUT2D eigenvalue weighted by molar-refractivity contribution is 5.22. The van der Waals surface area contributed by atoms with Crippen molar-refractivity contribution in [1.29, 1.82) is 0 Å². The average Bonchev–Trinajstić information content (AvgIpc) is 2.32. The molecule has 0 aliphatic heterocycles. The van der Waals surface area contributed by atoms with Crippen LogP contribution in [0.3, 0.4) is 0 Å². The minimum atomic E-state index is -0.656. The second kappa shape index (κ2) is 5.33. The maximum absolute atomic E-state index is 13.7. The summed E-state index contributed by atoms with van der Waals surface area (Å²) < 4.78 is 26.8. The molecule has 0 bridgehead atoms. The Morgan fingerprint density at radius 1 is 1.39 bits per heavy atom. The van der Waals surface area contributed by atoms with Crippen LogP contribution in [0.25, 0.3) is 0 Å². The second-order valence-electron chi connectivity index (χ2n) is 5.09. The van der Waals surface area contributed by atoms with E-state index in [9.17, 15) is 13.9 Å². The lowest BCUT2D eigenvalue weighted by Crippen LogP contribution is -2.47. The van der Waals surface area contributed by atoms with Gasteiger partial charge in [-0.25, -0.2) is 8.78 Å². The van der Waals surface area contributed by atoms with Gasteiger partial charge in [0, 0.05) is 18.2 Å². The van der Waals surface area contributed by atoms with E-state index in [-0.39, 0.29) is 6.04 Å². The van der Waals surface area contributed by atoms with Crippen LogP contribution in [0.5, 0.6) is 0 Å².